The maximum absolute atomic E-state index is 9.76. The molecule has 1 aromatic carbocycles. The third-order valence-corrected chi connectivity index (χ3v) is 2.71. The molecule has 82 valence electrons. The van der Waals surface area contributed by atoms with Crippen LogP contribution in [0.1, 0.15) is 5.56 Å². The highest BCUT2D eigenvalue weighted by molar-refractivity contribution is 9.10. The number of nitrogen functional groups attached to an aromatic ring is 1. The Morgan fingerprint density at radius 2 is 2.00 bits per heavy atom. The number of nitrogens with two attached hydrogens (primary N) is 1. The van der Waals surface area contributed by atoms with Crippen LogP contribution in [0.25, 0.3) is 11.3 Å². The fourth-order valence-corrected chi connectivity index (χ4v) is 1.83. The topological polar surface area (TPSA) is 72.0 Å². The van der Waals surface area contributed by atoms with Crippen LogP contribution in [0, 0.1) is 6.92 Å². The van der Waals surface area contributed by atoms with Crippen molar-refractivity contribution < 1.29 is 5.11 Å². The summed E-state index contributed by atoms with van der Waals surface area (Å²) in [4.78, 5) is 0. The Morgan fingerprint density at radius 3 is 2.69 bits per heavy atom. The summed E-state index contributed by atoms with van der Waals surface area (Å²) in [6, 6.07) is 6.89. The van der Waals surface area contributed by atoms with Gasteiger partial charge in [-0.15, -0.1) is 10.2 Å². The molecule has 0 aliphatic heterocycles. The Morgan fingerprint density at radius 1 is 1.25 bits per heavy atom. The van der Waals surface area contributed by atoms with Crippen molar-refractivity contribution >= 4 is 21.7 Å². The molecule has 0 saturated heterocycles. The number of phenolic OH excluding ortho intramolecular Hbond substituents is 1. The van der Waals surface area contributed by atoms with Crippen LogP contribution in [0.5, 0.6) is 5.75 Å². The number of hydrogen-bond acceptors (Lipinski definition) is 4. The second-order valence-corrected chi connectivity index (χ2v) is 4.38. The number of aromatic hydroxyl groups is 1. The maximum Gasteiger partial charge on any atom is 0.146 e. The largest absolute Gasteiger partial charge is 0.507 e. The standard InChI is InChI=1S/C11H10BrN3O/c1-6-4-10(13)14-15-11(6)8-5-7(12)2-3-9(8)16/h2-5,16H,1H3,(H2,13,14). The summed E-state index contributed by atoms with van der Waals surface area (Å²) in [5, 5.41) is 17.5. The van der Waals surface area contributed by atoms with E-state index in [-0.39, 0.29) is 5.75 Å². The van der Waals surface area contributed by atoms with Crippen LogP contribution < -0.4 is 5.73 Å². The molecule has 0 bridgehead atoms. The molecule has 1 aromatic heterocycles. The van der Waals surface area contributed by atoms with E-state index in [1.807, 2.05) is 6.92 Å². The van der Waals surface area contributed by atoms with E-state index in [0.29, 0.717) is 17.1 Å². The van der Waals surface area contributed by atoms with Crippen molar-refractivity contribution in [3.8, 4) is 17.0 Å². The minimum absolute atomic E-state index is 0.172. The van der Waals surface area contributed by atoms with Crippen molar-refractivity contribution in [2.45, 2.75) is 6.92 Å². The average Bonchev–Trinajstić information content (AvgIpc) is 2.22. The number of rotatable bonds is 1. The average molecular weight is 280 g/mol. The minimum atomic E-state index is 0.172. The van der Waals surface area contributed by atoms with Crippen molar-refractivity contribution in [1.82, 2.24) is 10.2 Å². The van der Waals surface area contributed by atoms with Gasteiger partial charge in [0.1, 0.15) is 11.6 Å². The van der Waals surface area contributed by atoms with Crippen LogP contribution in [0.15, 0.2) is 28.7 Å². The lowest BCUT2D eigenvalue weighted by Gasteiger charge is -2.07. The van der Waals surface area contributed by atoms with Gasteiger partial charge in [-0.2, -0.15) is 0 Å². The van der Waals surface area contributed by atoms with E-state index in [1.54, 1.807) is 24.3 Å². The normalized spacial score (nSPS) is 10.4. The fraction of sp³-hybridized carbons (Fsp3) is 0.0909. The van der Waals surface area contributed by atoms with Crippen molar-refractivity contribution in [2.24, 2.45) is 0 Å². The van der Waals surface area contributed by atoms with Crippen molar-refractivity contribution in [3.63, 3.8) is 0 Å². The number of anilines is 1. The third kappa shape index (κ3) is 1.99. The first-order chi connectivity index (χ1) is 7.58. The van der Waals surface area contributed by atoms with Gasteiger partial charge in [-0.3, -0.25) is 0 Å². The Kier molecular flexibility index (Phi) is 2.78. The van der Waals surface area contributed by atoms with Gasteiger partial charge in [0.05, 0.1) is 5.69 Å². The van der Waals surface area contributed by atoms with Crippen LogP contribution >= 0.6 is 15.9 Å². The smallest absolute Gasteiger partial charge is 0.146 e. The number of phenols is 1. The Hall–Kier alpha value is -1.62. The van der Waals surface area contributed by atoms with E-state index >= 15 is 0 Å². The highest BCUT2D eigenvalue weighted by Gasteiger charge is 2.10. The van der Waals surface area contributed by atoms with E-state index in [4.69, 9.17) is 5.73 Å². The SMILES string of the molecule is Cc1cc(N)nnc1-c1cc(Br)ccc1O. The predicted octanol–water partition coefficient (Wildman–Crippen LogP) is 2.50. The van der Waals surface area contributed by atoms with E-state index in [0.717, 1.165) is 10.0 Å². The van der Waals surface area contributed by atoms with E-state index in [1.165, 1.54) is 0 Å². The van der Waals surface area contributed by atoms with Gasteiger partial charge in [-0.1, -0.05) is 15.9 Å². The zero-order valence-electron chi connectivity index (χ0n) is 8.61. The Labute approximate surface area is 101 Å². The molecule has 0 aliphatic rings. The lowest BCUT2D eigenvalue weighted by molar-refractivity contribution is 0.477. The highest BCUT2D eigenvalue weighted by Crippen LogP contribution is 2.32. The molecule has 0 aliphatic carbocycles. The molecule has 0 saturated carbocycles. The van der Waals surface area contributed by atoms with Gasteiger partial charge in [-0.25, -0.2) is 0 Å². The van der Waals surface area contributed by atoms with Gasteiger partial charge < -0.3 is 10.8 Å². The number of aryl methyl sites for hydroxylation is 1. The summed E-state index contributed by atoms with van der Waals surface area (Å²) in [5.74, 6) is 0.543. The van der Waals surface area contributed by atoms with Gasteiger partial charge in [0.2, 0.25) is 0 Å². The fourth-order valence-electron chi connectivity index (χ4n) is 1.47. The lowest BCUT2D eigenvalue weighted by Crippen LogP contribution is -1.97. The second-order valence-electron chi connectivity index (χ2n) is 3.46. The molecule has 0 radical (unpaired) electrons. The van der Waals surface area contributed by atoms with Crippen LogP contribution in [-0.2, 0) is 0 Å². The second kappa shape index (κ2) is 4.09. The van der Waals surface area contributed by atoms with Gasteiger partial charge in [-0.05, 0) is 36.8 Å². The first-order valence-electron chi connectivity index (χ1n) is 4.66. The van der Waals surface area contributed by atoms with Crippen molar-refractivity contribution in [3.05, 3.63) is 34.3 Å². The molecule has 2 aromatic rings. The van der Waals surface area contributed by atoms with E-state index < -0.39 is 0 Å². The summed E-state index contributed by atoms with van der Waals surface area (Å²) in [7, 11) is 0. The molecule has 0 fully saturated rings. The molecule has 0 unspecified atom stereocenters. The molecule has 0 spiro atoms. The summed E-state index contributed by atoms with van der Waals surface area (Å²) < 4.78 is 0.873. The molecule has 5 heteroatoms. The molecule has 3 N–H and O–H groups in total. The molecule has 2 rings (SSSR count). The molecular weight excluding hydrogens is 270 g/mol. The first-order valence-corrected chi connectivity index (χ1v) is 5.46. The molecule has 0 atom stereocenters. The van der Waals surface area contributed by atoms with Crippen LogP contribution in [-0.4, -0.2) is 15.3 Å². The number of aromatic nitrogens is 2. The van der Waals surface area contributed by atoms with Crippen molar-refractivity contribution in [2.75, 3.05) is 5.73 Å². The molecule has 1 heterocycles. The molecule has 16 heavy (non-hydrogen) atoms. The minimum Gasteiger partial charge on any atom is -0.507 e. The summed E-state index contributed by atoms with van der Waals surface area (Å²) in [6.07, 6.45) is 0. The van der Waals surface area contributed by atoms with E-state index in [2.05, 4.69) is 26.1 Å². The quantitative estimate of drug-likeness (QED) is 0.841. The van der Waals surface area contributed by atoms with Gasteiger partial charge in [0.15, 0.2) is 0 Å². The first kappa shape index (κ1) is 10.9. The number of hydrogen-bond donors (Lipinski definition) is 2. The van der Waals surface area contributed by atoms with Crippen LogP contribution in [0.2, 0.25) is 0 Å². The summed E-state index contributed by atoms with van der Waals surface area (Å²) >= 11 is 3.35. The lowest BCUT2D eigenvalue weighted by atomic mass is 10.1. The highest BCUT2D eigenvalue weighted by atomic mass is 79.9. The van der Waals surface area contributed by atoms with E-state index in [9.17, 15) is 5.11 Å². The van der Waals surface area contributed by atoms with Gasteiger partial charge >= 0.3 is 0 Å². The van der Waals surface area contributed by atoms with Crippen molar-refractivity contribution in [1.29, 1.82) is 0 Å². The number of nitrogens with zero attached hydrogens (tertiary/aromatic N) is 2. The summed E-state index contributed by atoms with van der Waals surface area (Å²) in [6.45, 7) is 1.88. The molecular formula is C11H10BrN3O. The predicted molar refractivity (Wildman–Crippen MR) is 66.0 cm³/mol. The Balaban J connectivity index is 2.62. The number of benzene rings is 1. The van der Waals surface area contributed by atoms with Crippen LogP contribution in [0.3, 0.4) is 0 Å². The Bertz CT molecular complexity index is 543. The zero-order valence-corrected chi connectivity index (χ0v) is 10.2. The zero-order chi connectivity index (χ0) is 11.7. The van der Waals surface area contributed by atoms with Gasteiger partial charge in [0, 0.05) is 10.0 Å². The summed E-state index contributed by atoms with van der Waals surface area (Å²) in [5.41, 5.74) is 7.67. The van der Waals surface area contributed by atoms with Crippen LogP contribution in [0.4, 0.5) is 5.82 Å². The third-order valence-electron chi connectivity index (χ3n) is 2.22. The number of halogens is 1. The monoisotopic (exact) mass is 279 g/mol. The van der Waals surface area contributed by atoms with Gasteiger partial charge in [0.25, 0.3) is 0 Å². The molecule has 0 amide bonds. The maximum atomic E-state index is 9.76. The molecule has 4 nitrogen and oxygen atoms in total.